The maximum absolute atomic E-state index is 6.23. The van der Waals surface area contributed by atoms with Crippen molar-refractivity contribution >= 4 is 17.3 Å². The molecule has 0 saturated carbocycles. The summed E-state index contributed by atoms with van der Waals surface area (Å²) in [6, 6.07) is 11.3. The van der Waals surface area contributed by atoms with Crippen LogP contribution in [0.15, 0.2) is 42.6 Å². The van der Waals surface area contributed by atoms with Gasteiger partial charge in [0.2, 0.25) is 5.88 Å². The van der Waals surface area contributed by atoms with Gasteiger partial charge < -0.3 is 10.5 Å². The number of hydrogen-bond acceptors (Lipinski definition) is 4. The summed E-state index contributed by atoms with van der Waals surface area (Å²) in [5.74, 6) is 0.430. The van der Waals surface area contributed by atoms with Crippen molar-refractivity contribution in [3.05, 3.63) is 47.6 Å². The van der Waals surface area contributed by atoms with E-state index in [2.05, 4.69) is 15.2 Å². The number of rotatable bonds is 4. The Bertz CT molecular complexity index is 812. The number of nitrogens with two attached hydrogens (primary N) is 1. The number of H-pyrrole nitrogens is 1. The SMILES string of the molecule is CC(C)Oc1ncc(-c2cc(-c3ccc(N)cc3)[nH]n2)cc1Cl. The van der Waals surface area contributed by atoms with E-state index < -0.39 is 0 Å². The van der Waals surface area contributed by atoms with Gasteiger partial charge in [0.1, 0.15) is 5.02 Å². The van der Waals surface area contributed by atoms with Gasteiger partial charge in [-0.25, -0.2) is 4.98 Å². The van der Waals surface area contributed by atoms with Gasteiger partial charge in [-0.3, -0.25) is 5.10 Å². The summed E-state index contributed by atoms with van der Waals surface area (Å²) in [5.41, 5.74) is 9.93. The van der Waals surface area contributed by atoms with Crippen LogP contribution < -0.4 is 10.5 Å². The minimum Gasteiger partial charge on any atom is -0.474 e. The molecule has 1 aromatic carbocycles. The Balaban J connectivity index is 1.88. The number of nitrogen functional groups attached to an aromatic ring is 1. The predicted molar refractivity (Wildman–Crippen MR) is 92.4 cm³/mol. The van der Waals surface area contributed by atoms with Crippen molar-refractivity contribution < 1.29 is 4.74 Å². The number of nitrogens with zero attached hydrogens (tertiary/aromatic N) is 2. The zero-order valence-electron chi connectivity index (χ0n) is 12.9. The van der Waals surface area contributed by atoms with Crippen molar-refractivity contribution in [3.63, 3.8) is 0 Å². The first-order chi connectivity index (χ1) is 11.0. The molecular weight excluding hydrogens is 312 g/mol. The smallest absolute Gasteiger partial charge is 0.232 e. The van der Waals surface area contributed by atoms with E-state index in [1.54, 1.807) is 12.3 Å². The van der Waals surface area contributed by atoms with Crippen LogP contribution in [0.4, 0.5) is 5.69 Å². The van der Waals surface area contributed by atoms with Gasteiger partial charge in [-0.2, -0.15) is 5.10 Å². The van der Waals surface area contributed by atoms with Crippen molar-refractivity contribution in [1.82, 2.24) is 15.2 Å². The van der Waals surface area contributed by atoms with Crippen LogP contribution in [0.25, 0.3) is 22.5 Å². The van der Waals surface area contributed by atoms with E-state index in [-0.39, 0.29) is 6.10 Å². The summed E-state index contributed by atoms with van der Waals surface area (Å²) in [4.78, 5) is 4.26. The highest BCUT2D eigenvalue weighted by Gasteiger charge is 2.11. The average molecular weight is 329 g/mol. The van der Waals surface area contributed by atoms with Crippen LogP contribution >= 0.6 is 11.6 Å². The Morgan fingerprint density at radius 3 is 2.52 bits per heavy atom. The van der Waals surface area contributed by atoms with Gasteiger partial charge in [0.25, 0.3) is 0 Å². The Morgan fingerprint density at radius 2 is 1.87 bits per heavy atom. The van der Waals surface area contributed by atoms with E-state index in [1.807, 2.05) is 44.2 Å². The summed E-state index contributed by atoms with van der Waals surface area (Å²) in [6.45, 7) is 3.86. The summed E-state index contributed by atoms with van der Waals surface area (Å²) in [5, 5.41) is 7.80. The molecule has 0 aliphatic carbocycles. The van der Waals surface area contributed by atoms with Gasteiger partial charge in [-0.1, -0.05) is 23.7 Å². The summed E-state index contributed by atoms with van der Waals surface area (Å²) >= 11 is 6.23. The van der Waals surface area contributed by atoms with Crippen LogP contribution in [0.1, 0.15) is 13.8 Å². The second kappa shape index (κ2) is 6.30. The number of aromatic nitrogens is 3. The van der Waals surface area contributed by atoms with Crippen LogP contribution in [0.3, 0.4) is 0 Å². The highest BCUT2D eigenvalue weighted by atomic mass is 35.5. The van der Waals surface area contributed by atoms with E-state index >= 15 is 0 Å². The Kier molecular flexibility index (Phi) is 4.21. The van der Waals surface area contributed by atoms with E-state index in [4.69, 9.17) is 22.1 Å². The van der Waals surface area contributed by atoms with E-state index in [0.29, 0.717) is 10.9 Å². The zero-order chi connectivity index (χ0) is 16.4. The van der Waals surface area contributed by atoms with Crippen LogP contribution in [0, 0.1) is 0 Å². The van der Waals surface area contributed by atoms with Crippen molar-refractivity contribution in [3.8, 4) is 28.4 Å². The topological polar surface area (TPSA) is 76.8 Å². The molecule has 0 fully saturated rings. The minimum absolute atomic E-state index is 0.0216. The molecule has 2 heterocycles. The maximum atomic E-state index is 6.23. The lowest BCUT2D eigenvalue weighted by atomic mass is 10.1. The molecule has 0 radical (unpaired) electrons. The standard InChI is InChI=1S/C17H17ClN4O/c1-10(2)23-17-14(18)7-12(9-20-17)16-8-15(21-22-16)11-3-5-13(19)6-4-11/h3-10H,19H2,1-2H3,(H,21,22). The van der Waals surface area contributed by atoms with Gasteiger partial charge in [0.15, 0.2) is 0 Å². The van der Waals surface area contributed by atoms with Crippen molar-refractivity contribution in [2.45, 2.75) is 20.0 Å². The third kappa shape index (κ3) is 3.46. The molecule has 5 nitrogen and oxygen atoms in total. The molecule has 0 spiro atoms. The number of hydrogen-bond donors (Lipinski definition) is 2. The third-order valence-corrected chi connectivity index (χ3v) is 3.52. The first kappa shape index (κ1) is 15.4. The van der Waals surface area contributed by atoms with Gasteiger partial charge in [-0.05, 0) is 43.7 Å². The number of halogens is 1. The lowest BCUT2D eigenvalue weighted by molar-refractivity contribution is 0.233. The fourth-order valence-corrected chi connectivity index (χ4v) is 2.37. The average Bonchev–Trinajstić information content (AvgIpc) is 2.99. The van der Waals surface area contributed by atoms with E-state index in [0.717, 1.165) is 28.2 Å². The molecule has 2 aromatic heterocycles. The van der Waals surface area contributed by atoms with Gasteiger partial charge in [0, 0.05) is 17.4 Å². The first-order valence-corrected chi connectivity index (χ1v) is 7.64. The molecular formula is C17H17ClN4O. The first-order valence-electron chi connectivity index (χ1n) is 7.27. The van der Waals surface area contributed by atoms with E-state index in [1.165, 1.54) is 0 Å². The number of nitrogens with one attached hydrogen (secondary N) is 1. The third-order valence-electron chi connectivity index (χ3n) is 3.25. The summed E-state index contributed by atoms with van der Waals surface area (Å²) < 4.78 is 5.54. The predicted octanol–water partition coefficient (Wildman–Crippen LogP) is 4.16. The molecule has 0 bridgehead atoms. The summed E-state index contributed by atoms with van der Waals surface area (Å²) in [6.07, 6.45) is 1.72. The van der Waals surface area contributed by atoms with Crippen LogP contribution in [-0.2, 0) is 0 Å². The minimum atomic E-state index is 0.0216. The molecule has 23 heavy (non-hydrogen) atoms. The number of anilines is 1. The molecule has 0 aliphatic rings. The Labute approximate surface area is 139 Å². The van der Waals surface area contributed by atoms with Crippen molar-refractivity contribution in [2.24, 2.45) is 0 Å². The fraction of sp³-hybridized carbons (Fsp3) is 0.176. The quantitative estimate of drug-likeness (QED) is 0.705. The maximum Gasteiger partial charge on any atom is 0.232 e. The van der Waals surface area contributed by atoms with Gasteiger partial charge in [-0.15, -0.1) is 0 Å². The van der Waals surface area contributed by atoms with Crippen molar-refractivity contribution in [2.75, 3.05) is 5.73 Å². The monoisotopic (exact) mass is 328 g/mol. The summed E-state index contributed by atoms with van der Waals surface area (Å²) in [7, 11) is 0. The fourth-order valence-electron chi connectivity index (χ4n) is 2.16. The van der Waals surface area contributed by atoms with E-state index in [9.17, 15) is 0 Å². The highest BCUT2D eigenvalue weighted by molar-refractivity contribution is 6.32. The molecule has 6 heteroatoms. The van der Waals surface area contributed by atoms with Crippen LogP contribution in [0.2, 0.25) is 5.02 Å². The molecule has 0 unspecified atom stereocenters. The van der Waals surface area contributed by atoms with Gasteiger partial charge in [0.05, 0.1) is 17.5 Å². The lowest BCUT2D eigenvalue weighted by Crippen LogP contribution is -2.07. The molecule has 118 valence electrons. The van der Waals surface area contributed by atoms with Crippen molar-refractivity contribution in [1.29, 1.82) is 0 Å². The second-order valence-corrected chi connectivity index (χ2v) is 5.87. The number of ether oxygens (including phenoxy) is 1. The van der Waals surface area contributed by atoms with Crippen LogP contribution in [0.5, 0.6) is 5.88 Å². The number of pyridine rings is 1. The molecule has 3 N–H and O–H groups in total. The molecule has 0 saturated heterocycles. The molecule has 3 rings (SSSR count). The Morgan fingerprint density at radius 1 is 1.13 bits per heavy atom. The highest BCUT2D eigenvalue weighted by Crippen LogP contribution is 2.29. The van der Waals surface area contributed by atoms with Crippen LogP contribution in [-0.4, -0.2) is 21.3 Å². The Hall–Kier alpha value is -2.53. The lowest BCUT2D eigenvalue weighted by Gasteiger charge is -2.10. The van der Waals surface area contributed by atoms with Gasteiger partial charge >= 0.3 is 0 Å². The zero-order valence-corrected chi connectivity index (χ0v) is 13.6. The molecule has 0 aliphatic heterocycles. The second-order valence-electron chi connectivity index (χ2n) is 5.47. The molecule has 3 aromatic rings. The largest absolute Gasteiger partial charge is 0.474 e. The number of aromatic amines is 1. The molecule has 0 amide bonds. The molecule has 0 atom stereocenters. The normalized spacial score (nSPS) is 11.0. The number of benzene rings is 1.